The molecule has 1 aliphatic carbocycles. The average molecular weight is 178 g/mol. The molecular weight excluding hydrogens is 168 g/mol. The van der Waals surface area contributed by atoms with Crippen LogP contribution in [0.1, 0.15) is 28.4 Å². The van der Waals surface area contributed by atoms with Gasteiger partial charge in [-0.2, -0.15) is 0 Å². The molecule has 0 amide bonds. The van der Waals surface area contributed by atoms with Gasteiger partial charge in [0.05, 0.1) is 6.10 Å². The van der Waals surface area contributed by atoms with Crippen molar-refractivity contribution in [2.24, 2.45) is 0 Å². The fourth-order valence-electron chi connectivity index (χ4n) is 1.63. The van der Waals surface area contributed by atoms with Crippen molar-refractivity contribution in [3.63, 3.8) is 0 Å². The molecule has 3 nitrogen and oxygen atoms in total. The zero-order chi connectivity index (χ0) is 9.42. The number of benzene rings is 1. The molecule has 2 atom stereocenters. The summed E-state index contributed by atoms with van der Waals surface area (Å²) < 4.78 is 0. The summed E-state index contributed by atoms with van der Waals surface area (Å²) in [6, 6.07) is 6.83. The summed E-state index contributed by atoms with van der Waals surface area (Å²) in [5, 5.41) is 18.9. The Bertz CT molecular complexity index is 346. The van der Waals surface area contributed by atoms with Gasteiger partial charge in [-0.3, -0.25) is 4.79 Å². The predicted molar refractivity (Wildman–Crippen MR) is 46.4 cm³/mol. The Hall–Kier alpha value is -1.19. The fourth-order valence-corrected chi connectivity index (χ4v) is 1.63. The first kappa shape index (κ1) is 8.41. The maximum atomic E-state index is 11.4. The normalized spacial score (nSPS) is 27.1. The molecule has 1 aromatic carbocycles. The molecule has 68 valence electrons. The molecule has 0 saturated heterocycles. The second-order valence-electron chi connectivity index (χ2n) is 3.23. The van der Waals surface area contributed by atoms with Gasteiger partial charge >= 0.3 is 0 Å². The number of rotatable bonds is 0. The Balaban J connectivity index is 2.53. The Morgan fingerprint density at radius 3 is 2.69 bits per heavy atom. The molecular formula is C10H10O3. The SMILES string of the molecule is O=C1C[C@@H](O)[C@@H](O)c2ccccc21. The molecule has 2 rings (SSSR count). The van der Waals surface area contributed by atoms with Crippen LogP contribution in [0.25, 0.3) is 0 Å². The van der Waals surface area contributed by atoms with Gasteiger partial charge in [-0.15, -0.1) is 0 Å². The van der Waals surface area contributed by atoms with Gasteiger partial charge < -0.3 is 10.2 Å². The van der Waals surface area contributed by atoms with Crippen molar-refractivity contribution in [2.75, 3.05) is 0 Å². The lowest BCUT2D eigenvalue weighted by atomic mass is 9.87. The van der Waals surface area contributed by atoms with Crippen molar-refractivity contribution >= 4 is 5.78 Å². The van der Waals surface area contributed by atoms with Crippen molar-refractivity contribution < 1.29 is 15.0 Å². The highest BCUT2D eigenvalue weighted by Crippen LogP contribution is 2.29. The van der Waals surface area contributed by atoms with E-state index in [2.05, 4.69) is 0 Å². The third-order valence-electron chi connectivity index (χ3n) is 2.34. The molecule has 2 N–H and O–H groups in total. The fraction of sp³-hybridized carbons (Fsp3) is 0.300. The van der Waals surface area contributed by atoms with Crippen molar-refractivity contribution in [3.8, 4) is 0 Å². The quantitative estimate of drug-likeness (QED) is 0.613. The smallest absolute Gasteiger partial charge is 0.165 e. The molecule has 0 radical (unpaired) electrons. The third kappa shape index (κ3) is 1.26. The molecule has 0 saturated carbocycles. The van der Waals surface area contributed by atoms with E-state index in [-0.39, 0.29) is 12.2 Å². The maximum absolute atomic E-state index is 11.4. The Morgan fingerprint density at radius 1 is 1.23 bits per heavy atom. The van der Waals surface area contributed by atoms with Gasteiger partial charge in [-0.1, -0.05) is 24.3 Å². The minimum Gasteiger partial charge on any atom is -0.390 e. The van der Waals surface area contributed by atoms with Gasteiger partial charge in [0.25, 0.3) is 0 Å². The molecule has 0 aliphatic heterocycles. The predicted octanol–water partition coefficient (Wildman–Crippen LogP) is 0.667. The molecule has 0 fully saturated rings. The number of aliphatic hydroxyl groups is 2. The van der Waals surface area contributed by atoms with Gasteiger partial charge in [0, 0.05) is 12.0 Å². The van der Waals surface area contributed by atoms with Gasteiger partial charge in [0.15, 0.2) is 5.78 Å². The Kier molecular flexibility index (Phi) is 1.90. The summed E-state index contributed by atoms with van der Waals surface area (Å²) in [5.74, 6) is -0.103. The molecule has 1 aliphatic rings. The lowest BCUT2D eigenvalue weighted by Gasteiger charge is -2.24. The summed E-state index contributed by atoms with van der Waals surface area (Å²) in [4.78, 5) is 11.4. The number of Topliss-reactive ketones (excluding diaryl/α,β-unsaturated/α-hetero) is 1. The van der Waals surface area contributed by atoms with Crippen LogP contribution < -0.4 is 0 Å². The van der Waals surface area contributed by atoms with Gasteiger partial charge in [0.1, 0.15) is 6.10 Å². The second kappa shape index (κ2) is 2.94. The highest BCUT2D eigenvalue weighted by Gasteiger charge is 2.30. The van der Waals surface area contributed by atoms with E-state index in [0.717, 1.165) is 0 Å². The van der Waals surface area contributed by atoms with Gasteiger partial charge in [0.2, 0.25) is 0 Å². The van der Waals surface area contributed by atoms with Crippen molar-refractivity contribution in [2.45, 2.75) is 18.6 Å². The number of aliphatic hydroxyl groups excluding tert-OH is 2. The third-order valence-corrected chi connectivity index (χ3v) is 2.34. The number of fused-ring (bicyclic) bond motifs is 1. The van der Waals surface area contributed by atoms with Crippen LogP contribution in [0.4, 0.5) is 0 Å². The van der Waals surface area contributed by atoms with E-state index in [1.807, 2.05) is 0 Å². The zero-order valence-corrected chi connectivity index (χ0v) is 6.97. The summed E-state index contributed by atoms with van der Waals surface area (Å²) in [5.41, 5.74) is 1.06. The number of hydrogen-bond donors (Lipinski definition) is 2. The summed E-state index contributed by atoms with van der Waals surface area (Å²) in [7, 11) is 0. The maximum Gasteiger partial charge on any atom is 0.165 e. The number of hydrogen-bond acceptors (Lipinski definition) is 3. The summed E-state index contributed by atoms with van der Waals surface area (Å²) >= 11 is 0. The molecule has 0 aromatic heterocycles. The van der Waals surface area contributed by atoms with Crippen LogP contribution in [0.3, 0.4) is 0 Å². The molecule has 0 unspecified atom stereocenters. The first-order valence-electron chi connectivity index (χ1n) is 4.18. The van der Waals surface area contributed by atoms with E-state index in [0.29, 0.717) is 11.1 Å². The Morgan fingerprint density at radius 2 is 1.92 bits per heavy atom. The highest BCUT2D eigenvalue weighted by atomic mass is 16.3. The van der Waals surface area contributed by atoms with Crippen LogP contribution in [-0.2, 0) is 0 Å². The standard InChI is InChI=1S/C10H10O3/c11-8-5-9(12)10(13)7-4-2-1-3-6(7)8/h1-4,9-10,12-13H,5H2/t9-,10+/m1/s1. The molecule has 0 spiro atoms. The molecule has 0 bridgehead atoms. The van der Waals surface area contributed by atoms with Crippen LogP contribution in [0, 0.1) is 0 Å². The van der Waals surface area contributed by atoms with E-state index in [1.54, 1.807) is 24.3 Å². The highest BCUT2D eigenvalue weighted by molar-refractivity contribution is 5.99. The van der Waals surface area contributed by atoms with Crippen LogP contribution in [-0.4, -0.2) is 22.1 Å². The van der Waals surface area contributed by atoms with E-state index < -0.39 is 12.2 Å². The first-order chi connectivity index (χ1) is 6.20. The molecule has 1 aromatic rings. The zero-order valence-electron chi connectivity index (χ0n) is 6.97. The van der Waals surface area contributed by atoms with Crippen molar-refractivity contribution in [1.82, 2.24) is 0 Å². The lowest BCUT2D eigenvalue weighted by Crippen LogP contribution is -2.28. The van der Waals surface area contributed by atoms with Crippen molar-refractivity contribution in [3.05, 3.63) is 35.4 Å². The Labute approximate surface area is 75.6 Å². The molecule has 0 heterocycles. The van der Waals surface area contributed by atoms with E-state index in [1.165, 1.54) is 0 Å². The van der Waals surface area contributed by atoms with E-state index in [9.17, 15) is 15.0 Å². The minimum atomic E-state index is -0.956. The van der Waals surface area contributed by atoms with Gasteiger partial charge in [-0.05, 0) is 5.56 Å². The summed E-state index contributed by atoms with van der Waals surface area (Å²) in [6.45, 7) is 0. The van der Waals surface area contributed by atoms with Crippen molar-refractivity contribution in [1.29, 1.82) is 0 Å². The van der Waals surface area contributed by atoms with E-state index in [4.69, 9.17) is 0 Å². The molecule has 13 heavy (non-hydrogen) atoms. The lowest BCUT2D eigenvalue weighted by molar-refractivity contribution is 0.00872. The molecule has 3 heteroatoms. The van der Waals surface area contributed by atoms with E-state index >= 15 is 0 Å². The average Bonchev–Trinajstić information content (AvgIpc) is 2.15. The number of carbonyl (C=O) groups excluding carboxylic acids is 1. The largest absolute Gasteiger partial charge is 0.390 e. The minimum absolute atomic E-state index is 0.0121. The van der Waals surface area contributed by atoms with Crippen LogP contribution in [0.15, 0.2) is 24.3 Å². The van der Waals surface area contributed by atoms with Crippen LogP contribution >= 0.6 is 0 Å². The van der Waals surface area contributed by atoms with Gasteiger partial charge in [-0.25, -0.2) is 0 Å². The number of carbonyl (C=O) groups is 1. The second-order valence-corrected chi connectivity index (χ2v) is 3.23. The summed E-state index contributed by atoms with van der Waals surface area (Å²) in [6.07, 6.45) is -1.87. The number of ketones is 1. The topological polar surface area (TPSA) is 57.5 Å². The first-order valence-corrected chi connectivity index (χ1v) is 4.18. The van der Waals surface area contributed by atoms with Crippen LogP contribution in [0.2, 0.25) is 0 Å². The monoisotopic (exact) mass is 178 g/mol. The van der Waals surface area contributed by atoms with Crippen LogP contribution in [0.5, 0.6) is 0 Å².